The summed E-state index contributed by atoms with van der Waals surface area (Å²) in [6.07, 6.45) is 3.49. The first kappa shape index (κ1) is 12.7. The molecular formula is C11H19N3O2. The predicted octanol–water partition coefficient (Wildman–Crippen LogP) is 1.14. The van der Waals surface area contributed by atoms with Gasteiger partial charge in [-0.2, -0.15) is 5.10 Å². The second-order valence-corrected chi connectivity index (χ2v) is 4.71. The van der Waals surface area contributed by atoms with Crippen molar-refractivity contribution in [3.8, 4) is 0 Å². The summed E-state index contributed by atoms with van der Waals surface area (Å²) in [7, 11) is 0. The van der Waals surface area contributed by atoms with E-state index in [0.29, 0.717) is 6.42 Å². The lowest BCUT2D eigenvalue weighted by Gasteiger charge is -2.31. The van der Waals surface area contributed by atoms with Gasteiger partial charge in [0.05, 0.1) is 11.3 Å². The molecule has 0 bridgehead atoms. The SMILES string of the molecule is CC1=CCC(C(C)(C)O)C/C1=N/NC(N)=O. The average molecular weight is 225 g/mol. The summed E-state index contributed by atoms with van der Waals surface area (Å²) in [4.78, 5) is 10.6. The molecule has 5 nitrogen and oxygen atoms in total. The van der Waals surface area contributed by atoms with Crippen molar-refractivity contribution in [2.24, 2.45) is 16.8 Å². The second-order valence-electron chi connectivity index (χ2n) is 4.71. The van der Waals surface area contributed by atoms with Crippen molar-refractivity contribution in [3.05, 3.63) is 11.6 Å². The van der Waals surface area contributed by atoms with Gasteiger partial charge in [-0.1, -0.05) is 6.08 Å². The Kier molecular flexibility index (Phi) is 3.70. The summed E-state index contributed by atoms with van der Waals surface area (Å²) in [5, 5.41) is 13.9. The fourth-order valence-corrected chi connectivity index (χ4v) is 1.71. The summed E-state index contributed by atoms with van der Waals surface area (Å²) >= 11 is 0. The Morgan fingerprint density at radius 3 is 2.81 bits per heavy atom. The molecule has 1 rings (SSSR count). The number of nitrogens with zero attached hydrogens (tertiary/aromatic N) is 1. The van der Waals surface area contributed by atoms with Gasteiger partial charge >= 0.3 is 6.03 Å². The highest BCUT2D eigenvalue weighted by molar-refractivity contribution is 6.00. The molecule has 1 aliphatic rings. The van der Waals surface area contributed by atoms with Crippen LogP contribution in [0, 0.1) is 5.92 Å². The molecule has 5 heteroatoms. The number of allylic oxidation sites excluding steroid dienone is 2. The van der Waals surface area contributed by atoms with E-state index in [-0.39, 0.29) is 5.92 Å². The minimum absolute atomic E-state index is 0.115. The van der Waals surface area contributed by atoms with Gasteiger partial charge in [0.15, 0.2) is 0 Å². The molecule has 0 saturated heterocycles. The van der Waals surface area contributed by atoms with Crippen LogP contribution in [0.1, 0.15) is 33.6 Å². The van der Waals surface area contributed by atoms with E-state index in [1.165, 1.54) is 0 Å². The van der Waals surface area contributed by atoms with Gasteiger partial charge in [-0.05, 0) is 45.1 Å². The number of rotatable bonds is 2. The number of carbonyl (C=O) groups excluding carboxylic acids is 1. The zero-order chi connectivity index (χ0) is 12.3. The maximum Gasteiger partial charge on any atom is 0.332 e. The zero-order valence-corrected chi connectivity index (χ0v) is 9.95. The van der Waals surface area contributed by atoms with Gasteiger partial charge in [0.2, 0.25) is 0 Å². The van der Waals surface area contributed by atoms with Crippen molar-refractivity contribution in [2.75, 3.05) is 0 Å². The monoisotopic (exact) mass is 225 g/mol. The van der Waals surface area contributed by atoms with E-state index < -0.39 is 11.6 Å². The number of hydrazone groups is 1. The first-order valence-corrected chi connectivity index (χ1v) is 5.32. The lowest BCUT2D eigenvalue weighted by atomic mass is 9.79. The molecule has 2 amide bonds. The van der Waals surface area contributed by atoms with Crippen LogP contribution >= 0.6 is 0 Å². The largest absolute Gasteiger partial charge is 0.390 e. The van der Waals surface area contributed by atoms with Gasteiger partial charge in [-0.3, -0.25) is 0 Å². The van der Waals surface area contributed by atoms with E-state index in [0.717, 1.165) is 17.7 Å². The summed E-state index contributed by atoms with van der Waals surface area (Å²) in [6, 6.07) is -0.675. The molecular weight excluding hydrogens is 206 g/mol. The van der Waals surface area contributed by atoms with Gasteiger partial charge < -0.3 is 10.8 Å². The van der Waals surface area contributed by atoms with E-state index >= 15 is 0 Å². The molecule has 4 N–H and O–H groups in total. The Hall–Kier alpha value is -1.36. The number of nitrogens with one attached hydrogen (secondary N) is 1. The number of nitrogens with two attached hydrogens (primary N) is 1. The van der Waals surface area contributed by atoms with E-state index in [1.54, 1.807) is 13.8 Å². The minimum Gasteiger partial charge on any atom is -0.390 e. The predicted molar refractivity (Wildman–Crippen MR) is 62.9 cm³/mol. The molecule has 0 aromatic heterocycles. The van der Waals surface area contributed by atoms with Gasteiger partial charge in [-0.25, -0.2) is 10.2 Å². The molecule has 0 aromatic carbocycles. The van der Waals surface area contributed by atoms with Crippen LogP contribution in [0.25, 0.3) is 0 Å². The van der Waals surface area contributed by atoms with Gasteiger partial charge in [0, 0.05) is 0 Å². The van der Waals surface area contributed by atoms with Crippen molar-refractivity contribution in [1.29, 1.82) is 0 Å². The molecule has 1 unspecified atom stereocenters. The van der Waals surface area contributed by atoms with E-state index in [4.69, 9.17) is 5.73 Å². The number of aliphatic hydroxyl groups is 1. The fourth-order valence-electron chi connectivity index (χ4n) is 1.71. The zero-order valence-electron chi connectivity index (χ0n) is 9.95. The van der Waals surface area contributed by atoms with Crippen LogP contribution in [0.3, 0.4) is 0 Å². The van der Waals surface area contributed by atoms with E-state index in [2.05, 4.69) is 10.5 Å². The van der Waals surface area contributed by atoms with Crippen molar-refractivity contribution in [3.63, 3.8) is 0 Å². The van der Waals surface area contributed by atoms with Crippen LogP contribution in [-0.2, 0) is 0 Å². The molecule has 90 valence electrons. The Labute approximate surface area is 95.4 Å². The van der Waals surface area contributed by atoms with Crippen LogP contribution in [0.4, 0.5) is 4.79 Å². The molecule has 0 aromatic rings. The molecule has 0 spiro atoms. The highest BCUT2D eigenvalue weighted by Gasteiger charge is 2.30. The highest BCUT2D eigenvalue weighted by Crippen LogP contribution is 2.30. The molecule has 1 atom stereocenters. The number of hydrogen-bond donors (Lipinski definition) is 3. The molecule has 16 heavy (non-hydrogen) atoms. The van der Waals surface area contributed by atoms with Crippen LogP contribution in [0.2, 0.25) is 0 Å². The molecule has 0 saturated carbocycles. The Balaban J connectivity index is 2.79. The molecule has 0 radical (unpaired) electrons. The maximum absolute atomic E-state index is 10.6. The van der Waals surface area contributed by atoms with Crippen molar-refractivity contribution in [2.45, 2.75) is 39.2 Å². The minimum atomic E-state index is -0.745. The van der Waals surface area contributed by atoms with Crippen LogP contribution in [-0.4, -0.2) is 22.5 Å². The lowest BCUT2D eigenvalue weighted by Crippen LogP contribution is -2.35. The number of carbonyl (C=O) groups is 1. The molecule has 0 fully saturated rings. The van der Waals surface area contributed by atoms with Crippen LogP contribution in [0.15, 0.2) is 16.8 Å². The first-order chi connectivity index (χ1) is 7.30. The number of hydrogen-bond acceptors (Lipinski definition) is 3. The fraction of sp³-hybridized carbons (Fsp3) is 0.636. The normalized spacial score (nSPS) is 24.1. The first-order valence-electron chi connectivity index (χ1n) is 5.32. The number of primary amides is 1. The highest BCUT2D eigenvalue weighted by atomic mass is 16.3. The van der Waals surface area contributed by atoms with Gasteiger partial charge in [0.25, 0.3) is 0 Å². The third-order valence-corrected chi connectivity index (χ3v) is 2.90. The summed E-state index contributed by atoms with van der Waals surface area (Å²) in [6.45, 7) is 5.50. The van der Waals surface area contributed by atoms with Crippen molar-refractivity contribution >= 4 is 11.7 Å². The van der Waals surface area contributed by atoms with Crippen LogP contribution in [0.5, 0.6) is 0 Å². The second kappa shape index (κ2) is 4.65. The van der Waals surface area contributed by atoms with E-state index in [1.807, 2.05) is 13.0 Å². The quantitative estimate of drug-likeness (QED) is 0.615. The molecule has 0 aliphatic heterocycles. The number of urea groups is 1. The third-order valence-electron chi connectivity index (χ3n) is 2.90. The summed E-state index contributed by atoms with van der Waals surface area (Å²) < 4.78 is 0. The molecule has 0 heterocycles. The maximum atomic E-state index is 10.6. The average Bonchev–Trinajstić information content (AvgIpc) is 2.14. The van der Waals surface area contributed by atoms with Crippen molar-refractivity contribution < 1.29 is 9.90 Å². The topological polar surface area (TPSA) is 87.7 Å². The Morgan fingerprint density at radius 2 is 2.31 bits per heavy atom. The Morgan fingerprint density at radius 1 is 1.69 bits per heavy atom. The Bertz CT molecular complexity index is 340. The summed E-state index contributed by atoms with van der Waals surface area (Å²) in [5.74, 6) is 0.115. The van der Waals surface area contributed by atoms with E-state index in [9.17, 15) is 9.90 Å². The van der Waals surface area contributed by atoms with Crippen LogP contribution < -0.4 is 11.2 Å². The lowest BCUT2D eigenvalue weighted by molar-refractivity contribution is 0.0204. The smallest absolute Gasteiger partial charge is 0.332 e. The summed E-state index contributed by atoms with van der Waals surface area (Å²) in [5.41, 5.74) is 8.22. The molecule has 1 aliphatic carbocycles. The third kappa shape index (κ3) is 3.34. The standard InChI is InChI=1S/C11H19N3O2/c1-7-4-5-8(11(2,3)16)6-9(7)13-14-10(12)15/h4,8,16H,5-6H2,1-3H3,(H3,12,14,15)/b13-9-. The van der Waals surface area contributed by atoms with Gasteiger partial charge in [0.1, 0.15) is 0 Å². The van der Waals surface area contributed by atoms with Gasteiger partial charge in [-0.15, -0.1) is 0 Å². The number of amides is 2. The van der Waals surface area contributed by atoms with Crippen molar-refractivity contribution in [1.82, 2.24) is 5.43 Å².